The van der Waals surface area contributed by atoms with Crippen molar-refractivity contribution >= 4 is 17.9 Å². The highest BCUT2D eigenvalue weighted by Crippen LogP contribution is 1.93. The minimum atomic E-state index is -0.843. The van der Waals surface area contributed by atoms with E-state index in [1.165, 1.54) is 0 Å². The molecule has 0 aromatic rings. The highest BCUT2D eigenvalue weighted by Gasteiger charge is 2.14. The van der Waals surface area contributed by atoms with Crippen molar-refractivity contribution in [1.29, 1.82) is 0 Å². The lowest BCUT2D eigenvalue weighted by Crippen LogP contribution is -2.49. The maximum Gasteiger partial charge on any atom is 0.315 e. The zero-order valence-electron chi connectivity index (χ0n) is 12.4. The lowest BCUT2D eigenvalue weighted by molar-refractivity contribution is -0.137. The van der Waals surface area contributed by atoms with Gasteiger partial charge < -0.3 is 21.1 Å². The van der Waals surface area contributed by atoms with Crippen molar-refractivity contribution in [2.24, 2.45) is 5.92 Å². The number of carboxylic acid groups (broad SMARTS) is 1. The third-order valence-electron chi connectivity index (χ3n) is 2.53. The molecule has 20 heavy (non-hydrogen) atoms. The minimum Gasteiger partial charge on any atom is -0.481 e. The van der Waals surface area contributed by atoms with Crippen molar-refractivity contribution in [1.82, 2.24) is 16.0 Å². The second-order valence-electron chi connectivity index (χ2n) is 5.11. The van der Waals surface area contributed by atoms with Crippen LogP contribution in [0.3, 0.4) is 0 Å². The van der Waals surface area contributed by atoms with Gasteiger partial charge >= 0.3 is 12.0 Å². The van der Waals surface area contributed by atoms with Crippen LogP contribution in [-0.4, -0.2) is 42.1 Å². The predicted octanol–water partition coefficient (Wildman–Crippen LogP) is 0.701. The number of hydrogen-bond donors (Lipinski definition) is 4. The second-order valence-corrected chi connectivity index (χ2v) is 5.11. The summed E-state index contributed by atoms with van der Waals surface area (Å²) in [5.41, 5.74) is 0. The van der Waals surface area contributed by atoms with E-state index in [1.54, 1.807) is 6.92 Å². The van der Waals surface area contributed by atoms with Crippen molar-refractivity contribution in [3.8, 4) is 0 Å². The number of carbonyl (C=O) groups is 3. The Hall–Kier alpha value is -1.79. The van der Waals surface area contributed by atoms with Crippen LogP contribution in [0.5, 0.6) is 0 Å². The Morgan fingerprint density at radius 2 is 1.70 bits per heavy atom. The van der Waals surface area contributed by atoms with E-state index in [1.807, 2.05) is 13.8 Å². The maximum atomic E-state index is 11.6. The fourth-order valence-electron chi connectivity index (χ4n) is 1.37. The summed E-state index contributed by atoms with van der Waals surface area (Å²) in [7, 11) is 0. The van der Waals surface area contributed by atoms with Gasteiger partial charge in [-0.15, -0.1) is 0 Å². The fourth-order valence-corrected chi connectivity index (χ4v) is 1.37. The summed E-state index contributed by atoms with van der Waals surface area (Å²) in [5.74, 6) is -0.709. The molecule has 7 nitrogen and oxygen atoms in total. The Morgan fingerprint density at radius 1 is 1.05 bits per heavy atom. The van der Waals surface area contributed by atoms with E-state index in [9.17, 15) is 14.4 Å². The van der Waals surface area contributed by atoms with E-state index in [0.717, 1.165) is 0 Å². The lowest BCUT2D eigenvalue weighted by atomic mass is 10.2. The maximum absolute atomic E-state index is 11.6. The van der Waals surface area contributed by atoms with Gasteiger partial charge in [0, 0.05) is 19.5 Å². The van der Waals surface area contributed by atoms with Gasteiger partial charge in [-0.25, -0.2) is 4.79 Å². The van der Waals surface area contributed by atoms with Gasteiger partial charge in [-0.2, -0.15) is 0 Å². The van der Waals surface area contributed by atoms with Gasteiger partial charge in [0.05, 0.1) is 0 Å². The van der Waals surface area contributed by atoms with Crippen LogP contribution < -0.4 is 16.0 Å². The van der Waals surface area contributed by atoms with Crippen LogP contribution >= 0.6 is 0 Å². The highest BCUT2D eigenvalue weighted by molar-refractivity contribution is 5.86. The second kappa shape index (κ2) is 10.1. The number of carboxylic acids is 1. The van der Waals surface area contributed by atoms with Gasteiger partial charge in [-0.05, 0) is 25.7 Å². The highest BCUT2D eigenvalue weighted by atomic mass is 16.4. The molecule has 0 bridgehead atoms. The summed E-state index contributed by atoms with van der Waals surface area (Å²) in [4.78, 5) is 33.4. The normalized spacial score (nSPS) is 11.8. The summed E-state index contributed by atoms with van der Waals surface area (Å²) in [6, 6.07) is -1.03. The van der Waals surface area contributed by atoms with Crippen molar-refractivity contribution < 1.29 is 19.5 Å². The number of amides is 3. The van der Waals surface area contributed by atoms with Crippen molar-refractivity contribution in [2.45, 2.75) is 46.1 Å². The van der Waals surface area contributed by atoms with Crippen LogP contribution in [0.2, 0.25) is 0 Å². The SMILES string of the molecule is CC(C)CNC(=O)C(C)NC(=O)NCCCCC(=O)O. The van der Waals surface area contributed by atoms with Gasteiger partial charge in [-0.3, -0.25) is 9.59 Å². The Bertz CT molecular complexity index is 332. The zero-order valence-corrected chi connectivity index (χ0v) is 12.4. The van der Waals surface area contributed by atoms with Crippen LogP contribution in [0.4, 0.5) is 4.79 Å². The van der Waals surface area contributed by atoms with Crippen molar-refractivity contribution in [3.63, 3.8) is 0 Å². The third kappa shape index (κ3) is 10.2. The molecule has 0 aliphatic rings. The van der Waals surface area contributed by atoms with Crippen LogP contribution in [0.25, 0.3) is 0 Å². The molecule has 4 N–H and O–H groups in total. The molecule has 0 aliphatic carbocycles. The predicted molar refractivity (Wildman–Crippen MR) is 75.3 cm³/mol. The van der Waals surface area contributed by atoms with Gasteiger partial charge in [0.1, 0.15) is 6.04 Å². The summed E-state index contributed by atoms with van der Waals surface area (Å²) >= 11 is 0. The molecule has 7 heteroatoms. The molecule has 0 saturated heterocycles. The first-order valence-electron chi connectivity index (χ1n) is 6.86. The van der Waals surface area contributed by atoms with Gasteiger partial charge in [0.25, 0.3) is 0 Å². The smallest absolute Gasteiger partial charge is 0.315 e. The molecule has 3 amide bonds. The largest absolute Gasteiger partial charge is 0.481 e. The summed E-state index contributed by atoms with van der Waals surface area (Å²) in [5, 5.41) is 16.3. The molecule has 116 valence electrons. The first-order valence-corrected chi connectivity index (χ1v) is 6.86. The number of hydrogen-bond acceptors (Lipinski definition) is 3. The van der Waals surface area contributed by atoms with E-state index in [2.05, 4.69) is 16.0 Å². The molecule has 0 aromatic heterocycles. The number of unbranched alkanes of at least 4 members (excludes halogenated alkanes) is 1. The summed E-state index contributed by atoms with van der Waals surface area (Å²) in [6.07, 6.45) is 1.20. The van der Waals surface area contributed by atoms with Crippen molar-refractivity contribution in [2.75, 3.05) is 13.1 Å². The molecule has 0 radical (unpaired) electrons. The molecule has 1 unspecified atom stereocenters. The van der Waals surface area contributed by atoms with Gasteiger partial charge in [0.2, 0.25) is 5.91 Å². The summed E-state index contributed by atoms with van der Waals surface area (Å²) < 4.78 is 0. The van der Waals surface area contributed by atoms with Crippen molar-refractivity contribution in [3.05, 3.63) is 0 Å². The molecule has 0 spiro atoms. The first-order chi connectivity index (χ1) is 9.32. The molecule has 0 aromatic carbocycles. The number of nitrogens with one attached hydrogen (secondary N) is 3. The quantitative estimate of drug-likeness (QED) is 0.468. The van der Waals surface area contributed by atoms with E-state index >= 15 is 0 Å². The average Bonchev–Trinajstić information content (AvgIpc) is 2.34. The summed E-state index contributed by atoms with van der Waals surface area (Å²) in [6.45, 7) is 6.55. The Morgan fingerprint density at radius 3 is 2.25 bits per heavy atom. The minimum absolute atomic E-state index is 0.0946. The molecule has 0 saturated carbocycles. The molecule has 0 fully saturated rings. The Labute approximate surface area is 119 Å². The molecular formula is C13H25N3O4. The average molecular weight is 287 g/mol. The van der Waals surface area contributed by atoms with E-state index in [4.69, 9.17) is 5.11 Å². The van der Waals surface area contributed by atoms with Gasteiger partial charge in [-0.1, -0.05) is 13.8 Å². The third-order valence-corrected chi connectivity index (χ3v) is 2.53. The molecule has 0 aliphatic heterocycles. The lowest BCUT2D eigenvalue weighted by Gasteiger charge is -2.15. The number of aliphatic carboxylic acids is 1. The molecule has 1 atom stereocenters. The van der Waals surface area contributed by atoms with E-state index in [-0.39, 0.29) is 12.3 Å². The molecule has 0 heterocycles. The number of urea groups is 1. The van der Waals surface area contributed by atoms with E-state index in [0.29, 0.717) is 31.8 Å². The monoisotopic (exact) mass is 287 g/mol. The van der Waals surface area contributed by atoms with E-state index < -0.39 is 18.0 Å². The molecule has 0 rings (SSSR count). The number of rotatable bonds is 9. The van der Waals surface area contributed by atoms with Crippen LogP contribution in [0.1, 0.15) is 40.0 Å². The zero-order chi connectivity index (χ0) is 15.5. The van der Waals surface area contributed by atoms with Crippen LogP contribution in [0, 0.1) is 5.92 Å². The number of carbonyl (C=O) groups excluding carboxylic acids is 2. The van der Waals surface area contributed by atoms with Crippen LogP contribution in [0.15, 0.2) is 0 Å². The Balaban J connectivity index is 3.73. The Kier molecular flexibility index (Phi) is 9.15. The topological polar surface area (TPSA) is 108 Å². The molecular weight excluding hydrogens is 262 g/mol. The standard InChI is InChI=1S/C13H25N3O4/c1-9(2)8-15-12(19)10(3)16-13(20)14-7-5-4-6-11(17)18/h9-10H,4-8H2,1-3H3,(H,15,19)(H,17,18)(H2,14,16,20). The van der Waals surface area contributed by atoms with Gasteiger partial charge in [0.15, 0.2) is 0 Å². The fraction of sp³-hybridized carbons (Fsp3) is 0.769. The van der Waals surface area contributed by atoms with Crippen LogP contribution in [-0.2, 0) is 9.59 Å². The first kappa shape index (κ1) is 18.2.